The first-order valence-electron chi connectivity index (χ1n) is 6.05. The van der Waals surface area contributed by atoms with Crippen LogP contribution in [0.25, 0.3) is 0 Å². The Bertz CT molecular complexity index is 623. The molecule has 0 saturated carbocycles. The first kappa shape index (κ1) is 13.5. The monoisotopic (exact) mass is 271 g/mol. The van der Waals surface area contributed by atoms with Crippen molar-refractivity contribution in [3.8, 4) is 0 Å². The molecule has 0 radical (unpaired) electrons. The third-order valence-corrected chi connectivity index (χ3v) is 3.36. The molecule has 0 bridgehead atoms. The second kappa shape index (κ2) is 5.36. The Morgan fingerprint density at radius 2 is 1.95 bits per heavy atom. The Hall–Kier alpha value is -1.94. The summed E-state index contributed by atoms with van der Waals surface area (Å²) in [6.45, 7) is 4.18. The van der Waals surface area contributed by atoms with Gasteiger partial charge < -0.3 is 10.6 Å². The molecule has 3 nitrogen and oxygen atoms in total. The zero-order valence-corrected chi connectivity index (χ0v) is 12.2. The molecule has 98 valence electrons. The first-order chi connectivity index (χ1) is 9.00. The number of nitrogens with two attached hydrogens (primary N) is 1. The van der Waals surface area contributed by atoms with Crippen molar-refractivity contribution >= 4 is 28.6 Å². The van der Waals surface area contributed by atoms with Gasteiger partial charge in [0.05, 0.1) is 11.9 Å². The molecule has 1 heterocycles. The van der Waals surface area contributed by atoms with Crippen LogP contribution in [0.3, 0.4) is 0 Å². The lowest BCUT2D eigenvalue weighted by atomic mass is 10.1. The molecule has 0 fully saturated rings. The molecule has 19 heavy (non-hydrogen) atoms. The Balaban J connectivity index is 2.50. The average Bonchev–Trinajstić information content (AvgIpc) is 2.38. The van der Waals surface area contributed by atoms with Gasteiger partial charge in [-0.15, -0.1) is 0 Å². The van der Waals surface area contributed by atoms with Crippen molar-refractivity contribution in [1.29, 1.82) is 0 Å². The third-order valence-electron chi connectivity index (χ3n) is 3.14. The van der Waals surface area contributed by atoms with Gasteiger partial charge in [-0.1, -0.05) is 29.9 Å². The van der Waals surface area contributed by atoms with Crippen molar-refractivity contribution in [2.45, 2.75) is 13.8 Å². The molecule has 0 aliphatic heterocycles. The number of benzene rings is 1. The van der Waals surface area contributed by atoms with E-state index in [-0.39, 0.29) is 0 Å². The largest absolute Gasteiger partial charge is 0.389 e. The summed E-state index contributed by atoms with van der Waals surface area (Å²) in [4.78, 5) is 6.61. The summed E-state index contributed by atoms with van der Waals surface area (Å²) in [6, 6.07) is 8.19. The van der Waals surface area contributed by atoms with Crippen molar-refractivity contribution in [3.05, 3.63) is 53.3 Å². The molecule has 2 rings (SSSR count). The van der Waals surface area contributed by atoms with Gasteiger partial charge in [-0.2, -0.15) is 0 Å². The summed E-state index contributed by atoms with van der Waals surface area (Å²) >= 11 is 5.10. The fourth-order valence-corrected chi connectivity index (χ4v) is 2.35. The summed E-state index contributed by atoms with van der Waals surface area (Å²) in [5.74, 6) is 0. The zero-order chi connectivity index (χ0) is 14.0. The SMILES string of the molecule is Cc1ccc(N(C)c2cnccc2C(N)=S)c(C)c1. The van der Waals surface area contributed by atoms with E-state index < -0.39 is 0 Å². The number of hydrogen-bond acceptors (Lipinski definition) is 3. The highest BCUT2D eigenvalue weighted by atomic mass is 32.1. The maximum absolute atomic E-state index is 5.77. The van der Waals surface area contributed by atoms with Crippen molar-refractivity contribution in [1.82, 2.24) is 4.98 Å². The predicted octanol–water partition coefficient (Wildman–Crippen LogP) is 3.10. The number of thiocarbonyl (C=S) groups is 1. The molecule has 0 amide bonds. The molecule has 2 N–H and O–H groups in total. The molecule has 0 saturated heterocycles. The zero-order valence-electron chi connectivity index (χ0n) is 11.3. The lowest BCUT2D eigenvalue weighted by Crippen LogP contribution is -2.18. The molecule has 0 aliphatic rings. The van der Waals surface area contributed by atoms with Gasteiger partial charge >= 0.3 is 0 Å². The second-order valence-electron chi connectivity index (χ2n) is 4.61. The second-order valence-corrected chi connectivity index (χ2v) is 5.05. The molecular formula is C15H17N3S. The topological polar surface area (TPSA) is 42.2 Å². The van der Waals surface area contributed by atoms with Crippen LogP contribution in [0.15, 0.2) is 36.7 Å². The minimum absolute atomic E-state index is 0.383. The number of anilines is 2. The fraction of sp³-hybridized carbons (Fsp3) is 0.200. The van der Waals surface area contributed by atoms with Gasteiger partial charge in [0.2, 0.25) is 0 Å². The van der Waals surface area contributed by atoms with Gasteiger partial charge in [-0.05, 0) is 31.5 Å². The quantitative estimate of drug-likeness (QED) is 0.871. The van der Waals surface area contributed by atoms with Crippen LogP contribution in [0.5, 0.6) is 0 Å². The summed E-state index contributed by atoms with van der Waals surface area (Å²) in [6.07, 6.45) is 3.49. The van der Waals surface area contributed by atoms with E-state index in [0.29, 0.717) is 4.99 Å². The van der Waals surface area contributed by atoms with Crippen LogP contribution in [-0.4, -0.2) is 17.0 Å². The minimum Gasteiger partial charge on any atom is -0.389 e. The van der Waals surface area contributed by atoms with Crippen LogP contribution in [0.1, 0.15) is 16.7 Å². The van der Waals surface area contributed by atoms with Gasteiger partial charge in [-0.3, -0.25) is 4.98 Å². The summed E-state index contributed by atoms with van der Waals surface area (Å²) < 4.78 is 0. The highest BCUT2D eigenvalue weighted by molar-refractivity contribution is 7.80. The van der Waals surface area contributed by atoms with Crippen LogP contribution < -0.4 is 10.6 Å². The van der Waals surface area contributed by atoms with Gasteiger partial charge in [0.25, 0.3) is 0 Å². The highest BCUT2D eigenvalue weighted by Crippen LogP contribution is 2.29. The smallest absolute Gasteiger partial charge is 0.106 e. The van der Waals surface area contributed by atoms with Gasteiger partial charge in [-0.25, -0.2) is 0 Å². The molecule has 0 spiro atoms. The summed E-state index contributed by atoms with van der Waals surface area (Å²) in [5.41, 5.74) is 11.1. The summed E-state index contributed by atoms with van der Waals surface area (Å²) in [5, 5.41) is 0. The summed E-state index contributed by atoms with van der Waals surface area (Å²) in [7, 11) is 2.00. The predicted molar refractivity (Wildman–Crippen MR) is 84.1 cm³/mol. The van der Waals surface area contributed by atoms with E-state index in [0.717, 1.165) is 16.9 Å². The van der Waals surface area contributed by atoms with E-state index in [1.165, 1.54) is 11.1 Å². The van der Waals surface area contributed by atoms with Crippen molar-refractivity contribution in [2.75, 3.05) is 11.9 Å². The molecule has 4 heteroatoms. The number of pyridine rings is 1. The van der Waals surface area contributed by atoms with Crippen LogP contribution >= 0.6 is 12.2 Å². The molecule has 1 aromatic heterocycles. The van der Waals surface area contributed by atoms with Gasteiger partial charge in [0.1, 0.15) is 4.99 Å². The molecule has 1 aromatic carbocycles. The molecule has 0 atom stereocenters. The number of aryl methyl sites for hydroxylation is 2. The Morgan fingerprint density at radius 1 is 1.21 bits per heavy atom. The van der Waals surface area contributed by atoms with Gasteiger partial charge in [0, 0.05) is 24.5 Å². The third kappa shape index (κ3) is 2.74. The van der Waals surface area contributed by atoms with Gasteiger partial charge in [0.15, 0.2) is 0 Å². The Morgan fingerprint density at radius 3 is 2.58 bits per heavy atom. The molecular weight excluding hydrogens is 254 g/mol. The van der Waals surface area contributed by atoms with E-state index in [1.54, 1.807) is 12.4 Å². The number of rotatable bonds is 3. The van der Waals surface area contributed by atoms with E-state index in [1.807, 2.05) is 13.1 Å². The average molecular weight is 271 g/mol. The lowest BCUT2D eigenvalue weighted by Gasteiger charge is -2.23. The maximum Gasteiger partial charge on any atom is 0.106 e. The van der Waals surface area contributed by atoms with Crippen molar-refractivity contribution in [3.63, 3.8) is 0 Å². The Kier molecular flexibility index (Phi) is 3.81. The van der Waals surface area contributed by atoms with E-state index in [2.05, 4.69) is 41.9 Å². The Labute approximate surface area is 119 Å². The van der Waals surface area contributed by atoms with E-state index in [9.17, 15) is 0 Å². The number of aromatic nitrogens is 1. The molecule has 0 unspecified atom stereocenters. The van der Waals surface area contributed by atoms with Crippen LogP contribution in [0.4, 0.5) is 11.4 Å². The van der Waals surface area contributed by atoms with Crippen molar-refractivity contribution < 1.29 is 0 Å². The fourth-order valence-electron chi connectivity index (χ4n) is 2.17. The first-order valence-corrected chi connectivity index (χ1v) is 6.46. The molecule has 2 aromatic rings. The maximum atomic E-state index is 5.77. The van der Waals surface area contributed by atoms with Crippen LogP contribution in [0.2, 0.25) is 0 Å². The minimum atomic E-state index is 0.383. The number of nitrogens with zero attached hydrogens (tertiary/aromatic N) is 2. The van der Waals surface area contributed by atoms with Crippen LogP contribution in [0, 0.1) is 13.8 Å². The lowest BCUT2D eigenvalue weighted by molar-refractivity contribution is 1.15. The van der Waals surface area contributed by atoms with E-state index in [4.69, 9.17) is 18.0 Å². The van der Waals surface area contributed by atoms with E-state index >= 15 is 0 Å². The standard InChI is InChI=1S/C15H17N3S/c1-10-4-5-13(11(2)8-10)18(3)14-9-17-7-6-12(14)15(16)19/h4-9H,1-3H3,(H2,16,19). The van der Waals surface area contributed by atoms with Crippen molar-refractivity contribution in [2.24, 2.45) is 5.73 Å². The van der Waals surface area contributed by atoms with Crippen LogP contribution in [-0.2, 0) is 0 Å². The molecule has 0 aliphatic carbocycles. The number of hydrogen-bond donors (Lipinski definition) is 1. The highest BCUT2D eigenvalue weighted by Gasteiger charge is 2.12. The normalized spacial score (nSPS) is 10.3.